The molecule has 5 nitrogen and oxygen atoms in total. The second kappa shape index (κ2) is 8.10. The summed E-state index contributed by atoms with van der Waals surface area (Å²) in [5.41, 5.74) is 2.51. The Morgan fingerprint density at radius 3 is 2.56 bits per heavy atom. The van der Waals surface area contributed by atoms with Crippen molar-refractivity contribution in [3.63, 3.8) is 0 Å². The Morgan fingerprint density at radius 1 is 1.20 bits per heavy atom. The van der Waals surface area contributed by atoms with Crippen LogP contribution in [0.1, 0.15) is 43.2 Å². The molecule has 0 spiro atoms. The maximum Gasteiger partial charge on any atom is 0.225 e. The van der Waals surface area contributed by atoms with Crippen molar-refractivity contribution in [1.29, 1.82) is 0 Å². The number of hydrogen-bond donors (Lipinski definition) is 1. The summed E-state index contributed by atoms with van der Waals surface area (Å²) < 4.78 is 0. The molecule has 1 aromatic heterocycles. The lowest BCUT2D eigenvalue weighted by atomic mass is 9.93. The third-order valence-electron chi connectivity index (χ3n) is 4.91. The number of carbonyl (C=O) groups excluding carboxylic acids is 1. The van der Waals surface area contributed by atoms with Gasteiger partial charge in [-0.1, -0.05) is 31.2 Å². The van der Waals surface area contributed by atoms with E-state index in [4.69, 9.17) is 0 Å². The number of anilines is 1. The summed E-state index contributed by atoms with van der Waals surface area (Å²) in [5.74, 6) is 1.16. The summed E-state index contributed by atoms with van der Waals surface area (Å²) in [6.45, 7) is 5.98. The molecule has 2 heterocycles. The van der Waals surface area contributed by atoms with Crippen molar-refractivity contribution in [1.82, 2.24) is 15.3 Å². The summed E-state index contributed by atoms with van der Waals surface area (Å²) >= 11 is 0. The number of hydrogen-bond acceptors (Lipinski definition) is 4. The normalized spacial score (nSPS) is 16.5. The molecule has 0 aliphatic carbocycles. The van der Waals surface area contributed by atoms with Crippen LogP contribution in [0.5, 0.6) is 0 Å². The number of rotatable bonds is 5. The first kappa shape index (κ1) is 17.4. The minimum Gasteiger partial charge on any atom is -0.353 e. The van der Waals surface area contributed by atoms with E-state index >= 15 is 0 Å². The Kier molecular flexibility index (Phi) is 5.64. The van der Waals surface area contributed by atoms with E-state index in [9.17, 15) is 4.79 Å². The minimum absolute atomic E-state index is 0.144. The lowest BCUT2D eigenvalue weighted by Gasteiger charge is -2.32. The van der Waals surface area contributed by atoms with Gasteiger partial charge in [0.15, 0.2) is 0 Å². The van der Waals surface area contributed by atoms with E-state index in [2.05, 4.69) is 46.2 Å². The number of carbonyl (C=O) groups is 1. The molecule has 1 aliphatic rings. The number of amides is 1. The summed E-state index contributed by atoms with van der Waals surface area (Å²) in [6.07, 6.45) is 5.94. The average molecular weight is 338 g/mol. The van der Waals surface area contributed by atoms with Gasteiger partial charge in [0.2, 0.25) is 11.9 Å². The van der Waals surface area contributed by atoms with Gasteiger partial charge in [-0.25, -0.2) is 9.97 Å². The summed E-state index contributed by atoms with van der Waals surface area (Å²) in [4.78, 5) is 23.2. The molecule has 1 saturated heterocycles. The van der Waals surface area contributed by atoms with E-state index in [1.807, 2.05) is 18.2 Å². The number of nitrogens with one attached hydrogen (secondary N) is 1. The predicted octanol–water partition coefficient (Wildman–Crippen LogP) is 3.06. The van der Waals surface area contributed by atoms with Crippen LogP contribution in [0.25, 0.3) is 0 Å². The van der Waals surface area contributed by atoms with Gasteiger partial charge >= 0.3 is 0 Å². The van der Waals surface area contributed by atoms with Crippen molar-refractivity contribution in [3.05, 3.63) is 53.9 Å². The fourth-order valence-corrected chi connectivity index (χ4v) is 3.49. The Balaban J connectivity index is 1.47. The van der Waals surface area contributed by atoms with E-state index in [0.29, 0.717) is 6.42 Å². The van der Waals surface area contributed by atoms with Gasteiger partial charge in [-0.05, 0) is 42.9 Å². The first-order chi connectivity index (χ1) is 12.1. The summed E-state index contributed by atoms with van der Waals surface area (Å²) in [6, 6.07) is 10.4. The van der Waals surface area contributed by atoms with Gasteiger partial charge in [-0.15, -0.1) is 0 Å². The average Bonchev–Trinajstić information content (AvgIpc) is 2.63. The predicted molar refractivity (Wildman–Crippen MR) is 99.6 cm³/mol. The smallest absolute Gasteiger partial charge is 0.225 e. The van der Waals surface area contributed by atoms with Gasteiger partial charge in [0.1, 0.15) is 0 Å². The van der Waals surface area contributed by atoms with E-state index in [0.717, 1.165) is 31.9 Å². The van der Waals surface area contributed by atoms with Crippen LogP contribution in [-0.4, -0.2) is 35.0 Å². The zero-order valence-corrected chi connectivity index (χ0v) is 15.0. The fraction of sp³-hybridized carbons (Fsp3) is 0.450. The maximum atomic E-state index is 12.4. The van der Waals surface area contributed by atoms with Gasteiger partial charge < -0.3 is 10.2 Å². The van der Waals surface area contributed by atoms with Crippen LogP contribution in [0.3, 0.4) is 0 Å². The molecule has 0 radical (unpaired) electrons. The highest BCUT2D eigenvalue weighted by molar-refractivity contribution is 5.77. The van der Waals surface area contributed by atoms with Crippen LogP contribution in [0, 0.1) is 6.92 Å². The highest BCUT2D eigenvalue weighted by Gasteiger charge is 2.23. The molecule has 1 aliphatic heterocycles. The molecule has 1 atom stereocenters. The Labute approximate surface area is 149 Å². The standard InChI is InChI=1S/C20H26N4O/c1-15-6-3-4-7-18(15)16(2)14-19(25)23-17-8-12-24(13-9-17)20-21-10-5-11-22-20/h3-7,10-11,16-17H,8-9,12-14H2,1-2H3,(H,23,25). The highest BCUT2D eigenvalue weighted by atomic mass is 16.1. The second-order valence-corrected chi connectivity index (χ2v) is 6.84. The second-order valence-electron chi connectivity index (χ2n) is 6.84. The molecule has 1 unspecified atom stereocenters. The van der Waals surface area contributed by atoms with E-state index < -0.39 is 0 Å². The third kappa shape index (κ3) is 4.56. The van der Waals surface area contributed by atoms with Crippen molar-refractivity contribution in [2.24, 2.45) is 0 Å². The molecule has 132 valence electrons. The molecule has 3 rings (SSSR count). The lowest BCUT2D eigenvalue weighted by Crippen LogP contribution is -2.45. The SMILES string of the molecule is Cc1ccccc1C(C)CC(=O)NC1CCN(c2ncccn2)CC1. The summed E-state index contributed by atoms with van der Waals surface area (Å²) in [5, 5.41) is 3.20. The number of aromatic nitrogens is 2. The minimum atomic E-state index is 0.144. The van der Waals surface area contributed by atoms with Crippen molar-refractivity contribution < 1.29 is 4.79 Å². The van der Waals surface area contributed by atoms with E-state index in [-0.39, 0.29) is 17.9 Å². The van der Waals surface area contributed by atoms with Crippen molar-refractivity contribution in [3.8, 4) is 0 Å². The largest absolute Gasteiger partial charge is 0.353 e. The number of benzene rings is 1. The first-order valence-corrected chi connectivity index (χ1v) is 9.00. The number of nitrogens with zero attached hydrogens (tertiary/aromatic N) is 3. The van der Waals surface area contributed by atoms with E-state index in [1.165, 1.54) is 11.1 Å². The van der Waals surface area contributed by atoms with Crippen molar-refractivity contribution in [2.75, 3.05) is 18.0 Å². The quantitative estimate of drug-likeness (QED) is 0.910. The molecule has 5 heteroatoms. The number of piperidine rings is 1. The monoisotopic (exact) mass is 338 g/mol. The molecule has 0 bridgehead atoms. The third-order valence-corrected chi connectivity index (χ3v) is 4.91. The Morgan fingerprint density at radius 2 is 1.88 bits per heavy atom. The van der Waals surface area contributed by atoms with Crippen LogP contribution in [0.4, 0.5) is 5.95 Å². The maximum absolute atomic E-state index is 12.4. The van der Waals surface area contributed by atoms with Gasteiger partial charge in [-0.2, -0.15) is 0 Å². The van der Waals surface area contributed by atoms with Crippen LogP contribution in [0.15, 0.2) is 42.7 Å². The van der Waals surface area contributed by atoms with Gasteiger partial charge in [-0.3, -0.25) is 4.79 Å². The molecular weight excluding hydrogens is 312 g/mol. The molecule has 0 saturated carbocycles. The molecule has 1 aromatic carbocycles. The van der Waals surface area contributed by atoms with Crippen molar-refractivity contribution >= 4 is 11.9 Å². The number of aryl methyl sites for hydroxylation is 1. The highest BCUT2D eigenvalue weighted by Crippen LogP contribution is 2.22. The van der Waals surface area contributed by atoms with Crippen LogP contribution in [0.2, 0.25) is 0 Å². The molecule has 1 fully saturated rings. The Bertz CT molecular complexity index is 696. The molecule has 1 N–H and O–H groups in total. The van der Waals surface area contributed by atoms with Crippen LogP contribution >= 0.6 is 0 Å². The van der Waals surface area contributed by atoms with Crippen LogP contribution < -0.4 is 10.2 Å². The first-order valence-electron chi connectivity index (χ1n) is 9.00. The van der Waals surface area contributed by atoms with Crippen LogP contribution in [-0.2, 0) is 4.79 Å². The van der Waals surface area contributed by atoms with Gasteiger partial charge in [0.25, 0.3) is 0 Å². The lowest BCUT2D eigenvalue weighted by molar-refractivity contribution is -0.122. The molecule has 1 amide bonds. The van der Waals surface area contributed by atoms with Gasteiger partial charge in [0.05, 0.1) is 0 Å². The van der Waals surface area contributed by atoms with Crippen molar-refractivity contribution in [2.45, 2.75) is 45.1 Å². The summed E-state index contributed by atoms with van der Waals surface area (Å²) in [7, 11) is 0. The topological polar surface area (TPSA) is 58.1 Å². The zero-order valence-electron chi connectivity index (χ0n) is 15.0. The molecular formula is C20H26N4O. The van der Waals surface area contributed by atoms with Gasteiger partial charge in [0, 0.05) is 37.9 Å². The Hall–Kier alpha value is -2.43. The molecule has 25 heavy (non-hydrogen) atoms. The fourth-order valence-electron chi connectivity index (χ4n) is 3.49. The zero-order chi connectivity index (χ0) is 17.6. The molecule has 2 aromatic rings. The van der Waals surface area contributed by atoms with E-state index in [1.54, 1.807) is 12.4 Å².